The number of carbonyl (C=O) groups is 1. The fourth-order valence-corrected chi connectivity index (χ4v) is 3.77. The highest BCUT2D eigenvalue weighted by molar-refractivity contribution is 5.94. The largest absolute Gasteiger partial charge is 0.439 e. The Morgan fingerprint density at radius 1 is 1.08 bits per heavy atom. The summed E-state index contributed by atoms with van der Waals surface area (Å²) >= 11 is 0. The van der Waals surface area contributed by atoms with Gasteiger partial charge in [-0.05, 0) is 49.4 Å². The van der Waals surface area contributed by atoms with Crippen molar-refractivity contribution in [3.63, 3.8) is 0 Å². The Bertz CT molecular complexity index is 714. The number of nitrogens with one attached hydrogen (secondary N) is 1. The van der Waals surface area contributed by atoms with Crippen molar-refractivity contribution in [3.05, 3.63) is 54.2 Å². The molecule has 2 fully saturated rings. The molecule has 5 nitrogen and oxygen atoms in total. The van der Waals surface area contributed by atoms with Gasteiger partial charge < -0.3 is 15.0 Å². The minimum Gasteiger partial charge on any atom is -0.439 e. The van der Waals surface area contributed by atoms with Crippen molar-refractivity contribution in [2.24, 2.45) is 5.41 Å². The molecule has 2 saturated heterocycles. The van der Waals surface area contributed by atoms with Gasteiger partial charge in [0, 0.05) is 31.9 Å². The topological polar surface area (TPSA) is 54.5 Å². The van der Waals surface area contributed by atoms with E-state index in [4.69, 9.17) is 4.74 Å². The van der Waals surface area contributed by atoms with Gasteiger partial charge in [0.1, 0.15) is 5.75 Å². The van der Waals surface area contributed by atoms with E-state index < -0.39 is 0 Å². The Hall–Kier alpha value is -2.40. The van der Waals surface area contributed by atoms with E-state index in [0.29, 0.717) is 16.9 Å². The van der Waals surface area contributed by atoms with E-state index in [1.807, 2.05) is 35.2 Å². The molecule has 1 aromatic heterocycles. The highest BCUT2D eigenvalue weighted by atomic mass is 16.5. The third kappa shape index (κ3) is 3.51. The first-order valence-corrected chi connectivity index (χ1v) is 8.93. The molecule has 130 valence electrons. The minimum absolute atomic E-state index is 0.0690. The molecule has 1 N–H and O–H groups in total. The third-order valence-corrected chi connectivity index (χ3v) is 5.39. The first-order chi connectivity index (χ1) is 12.2. The number of hydrogen-bond acceptors (Lipinski definition) is 4. The summed E-state index contributed by atoms with van der Waals surface area (Å²) in [6.45, 7) is 3.88. The van der Waals surface area contributed by atoms with Crippen LogP contribution in [0.5, 0.6) is 11.6 Å². The van der Waals surface area contributed by atoms with Gasteiger partial charge in [0.15, 0.2) is 0 Å². The van der Waals surface area contributed by atoms with Crippen molar-refractivity contribution >= 4 is 5.91 Å². The Morgan fingerprint density at radius 3 is 2.52 bits per heavy atom. The zero-order valence-electron chi connectivity index (χ0n) is 14.3. The number of pyridine rings is 1. The molecule has 2 aliphatic rings. The molecule has 0 radical (unpaired) electrons. The van der Waals surface area contributed by atoms with Crippen LogP contribution in [0.2, 0.25) is 0 Å². The number of rotatable bonds is 3. The lowest BCUT2D eigenvalue weighted by Gasteiger charge is -2.38. The Morgan fingerprint density at radius 2 is 1.88 bits per heavy atom. The van der Waals surface area contributed by atoms with Crippen LogP contribution in [-0.2, 0) is 0 Å². The Labute approximate surface area is 148 Å². The van der Waals surface area contributed by atoms with Crippen molar-refractivity contribution in [2.45, 2.75) is 19.3 Å². The fourth-order valence-electron chi connectivity index (χ4n) is 3.77. The maximum Gasteiger partial charge on any atom is 0.255 e. The van der Waals surface area contributed by atoms with Gasteiger partial charge in [-0.3, -0.25) is 4.79 Å². The molecule has 0 atom stereocenters. The molecule has 0 unspecified atom stereocenters. The molecule has 5 heteroatoms. The number of likely N-dealkylation sites (tertiary alicyclic amines) is 1. The van der Waals surface area contributed by atoms with E-state index in [1.54, 1.807) is 18.3 Å². The first-order valence-electron chi connectivity index (χ1n) is 8.93. The molecule has 1 amide bonds. The predicted molar refractivity (Wildman–Crippen MR) is 95.8 cm³/mol. The van der Waals surface area contributed by atoms with Crippen molar-refractivity contribution in [1.82, 2.24) is 15.2 Å². The van der Waals surface area contributed by atoms with Crippen molar-refractivity contribution < 1.29 is 9.53 Å². The molecule has 3 heterocycles. The lowest BCUT2D eigenvalue weighted by Crippen LogP contribution is -2.44. The number of benzene rings is 1. The van der Waals surface area contributed by atoms with Gasteiger partial charge in [-0.25, -0.2) is 4.98 Å². The normalized spacial score (nSPS) is 19.1. The van der Waals surface area contributed by atoms with Crippen LogP contribution in [-0.4, -0.2) is 42.0 Å². The number of hydrogen-bond donors (Lipinski definition) is 1. The molecule has 25 heavy (non-hydrogen) atoms. The van der Waals surface area contributed by atoms with E-state index >= 15 is 0 Å². The predicted octanol–water partition coefficient (Wildman–Crippen LogP) is 3.09. The van der Waals surface area contributed by atoms with Gasteiger partial charge in [0.05, 0.1) is 5.56 Å². The quantitative estimate of drug-likeness (QED) is 0.935. The molecule has 1 spiro atoms. The van der Waals surface area contributed by atoms with Crippen molar-refractivity contribution in [3.8, 4) is 11.6 Å². The van der Waals surface area contributed by atoms with Crippen LogP contribution in [0.3, 0.4) is 0 Å². The SMILES string of the molecule is O=C(c1ccc(Oc2ccccc2)nc1)N1CCC2(CCNC2)CC1. The van der Waals surface area contributed by atoms with Crippen LogP contribution < -0.4 is 10.1 Å². The number of nitrogens with zero attached hydrogens (tertiary/aromatic N) is 2. The minimum atomic E-state index is 0.0690. The molecular formula is C20H23N3O2. The molecule has 4 rings (SSSR count). The molecule has 2 aliphatic heterocycles. The molecule has 0 bridgehead atoms. The summed E-state index contributed by atoms with van der Waals surface area (Å²) in [5.41, 5.74) is 1.04. The summed E-state index contributed by atoms with van der Waals surface area (Å²) in [6, 6.07) is 13.1. The molecular weight excluding hydrogens is 314 g/mol. The summed E-state index contributed by atoms with van der Waals surface area (Å²) in [4.78, 5) is 18.9. The van der Waals surface area contributed by atoms with E-state index in [2.05, 4.69) is 10.3 Å². The zero-order valence-corrected chi connectivity index (χ0v) is 14.3. The van der Waals surface area contributed by atoms with E-state index in [1.165, 1.54) is 6.42 Å². The number of para-hydroxylation sites is 1. The Balaban J connectivity index is 1.38. The van der Waals surface area contributed by atoms with Crippen LogP contribution in [0.1, 0.15) is 29.6 Å². The maximum absolute atomic E-state index is 12.7. The van der Waals surface area contributed by atoms with Crippen LogP contribution in [0, 0.1) is 5.41 Å². The average Bonchev–Trinajstić information content (AvgIpc) is 3.11. The third-order valence-electron chi connectivity index (χ3n) is 5.39. The number of piperidine rings is 1. The summed E-state index contributed by atoms with van der Waals surface area (Å²) in [6.07, 6.45) is 5.03. The summed E-state index contributed by atoms with van der Waals surface area (Å²) < 4.78 is 5.68. The fraction of sp³-hybridized carbons (Fsp3) is 0.400. The van der Waals surface area contributed by atoms with Crippen molar-refractivity contribution in [1.29, 1.82) is 0 Å². The highest BCUT2D eigenvalue weighted by Crippen LogP contribution is 2.37. The van der Waals surface area contributed by atoms with Crippen LogP contribution in [0.25, 0.3) is 0 Å². The monoisotopic (exact) mass is 337 g/mol. The first kappa shape index (κ1) is 16.1. The lowest BCUT2D eigenvalue weighted by molar-refractivity contribution is 0.0607. The average molecular weight is 337 g/mol. The van der Waals surface area contributed by atoms with Gasteiger partial charge in [0.2, 0.25) is 5.88 Å². The summed E-state index contributed by atoms with van der Waals surface area (Å²) in [7, 11) is 0. The van der Waals surface area contributed by atoms with Crippen LogP contribution >= 0.6 is 0 Å². The van der Waals surface area contributed by atoms with Crippen molar-refractivity contribution in [2.75, 3.05) is 26.2 Å². The van der Waals surface area contributed by atoms with Crippen LogP contribution in [0.15, 0.2) is 48.7 Å². The Kier molecular flexibility index (Phi) is 4.40. The molecule has 1 aromatic carbocycles. The second-order valence-electron chi connectivity index (χ2n) is 7.02. The lowest BCUT2D eigenvalue weighted by atomic mass is 9.78. The zero-order chi connectivity index (χ0) is 17.1. The second-order valence-corrected chi connectivity index (χ2v) is 7.02. The van der Waals surface area contributed by atoms with E-state index in [0.717, 1.165) is 44.8 Å². The van der Waals surface area contributed by atoms with Gasteiger partial charge >= 0.3 is 0 Å². The number of ether oxygens (including phenoxy) is 1. The van der Waals surface area contributed by atoms with E-state index in [-0.39, 0.29) is 5.91 Å². The van der Waals surface area contributed by atoms with Gasteiger partial charge in [-0.1, -0.05) is 18.2 Å². The van der Waals surface area contributed by atoms with Gasteiger partial charge in [0.25, 0.3) is 5.91 Å². The number of amides is 1. The van der Waals surface area contributed by atoms with Crippen LogP contribution in [0.4, 0.5) is 0 Å². The van der Waals surface area contributed by atoms with Gasteiger partial charge in [-0.2, -0.15) is 0 Å². The molecule has 0 saturated carbocycles. The maximum atomic E-state index is 12.7. The molecule has 2 aromatic rings. The van der Waals surface area contributed by atoms with Gasteiger partial charge in [-0.15, -0.1) is 0 Å². The summed E-state index contributed by atoms with van der Waals surface area (Å²) in [5, 5.41) is 3.46. The standard InChI is InChI=1S/C20H23N3O2/c24-19(23-12-9-20(10-13-23)8-11-21-15-20)16-6-7-18(22-14-16)25-17-4-2-1-3-5-17/h1-7,14,21H,8-13,15H2. The number of carbonyl (C=O) groups excluding carboxylic acids is 1. The molecule has 0 aliphatic carbocycles. The van der Waals surface area contributed by atoms with E-state index in [9.17, 15) is 4.79 Å². The summed E-state index contributed by atoms with van der Waals surface area (Å²) in [5.74, 6) is 1.30. The smallest absolute Gasteiger partial charge is 0.255 e. The highest BCUT2D eigenvalue weighted by Gasteiger charge is 2.38. The number of aromatic nitrogens is 1. The second kappa shape index (κ2) is 6.84.